The SMILES string of the molecule is O=C(NCCCc1ccccn1)C1CC(=O)N(Cc2cccnc2)C1. The molecular weight excluding hydrogens is 316 g/mol. The zero-order valence-corrected chi connectivity index (χ0v) is 14.1. The van der Waals surface area contributed by atoms with Crippen molar-refractivity contribution in [2.75, 3.05) is 13.1 Å². The van der Waals surface area contributed by atoms with Crippen molar-refractivity contribution in [1.29, 1.82) is 0 Å². The van der Waals surface area contributed by atoms with Crippen molar-refractivity contribution >= 4 is 11.8 Å². The molecule has 3 rings (SSSR count). The molecule has 1 aliphatic rings. The minimum absolute atomic E-state index is 0.0255. The number of hydrogen-bond donors (Lipinski definition) is 1. The lowest BCUT2D eigenvalue weighted by molar-refractivity contribution is -0.129. The molecule has 2 aromatic rings. The molecule has 1 aliphatic heterocycles. The van der Waals surface area contributed by atoms with E-state index in [1.165, 1.54) is 0 Å². The summed E-state index contributed by atoms with van der Waals surface area (Å²) in [4.78, 5) is 34.5. The van der Waals surface area contributed by atoms with E-state index in [-0.39, 0.29) is 24.2 Å². The highest BCUT2D eigenvalue weighted by Crippen LogP contribution is 2.20. The topological polar surface area (TPSA) is 75.2 Å². The summed E-state index contributed by atoms with van der Waals surface area (Å²) in [6.07, 6.45) is 7.18. The Bertz CT molecular complexity index is 706. The first kappa shape index (κ1) is 17.1. The first-order chi connectivity index (χ1) is 12.2. The molecule has 2 aromatic heterocycles. The molecule has 2 amide bonds. The fourth-order valence-electron chi connectivity index (χ4n) is 2.98. The highest BCUT2D eigenvalue weighted by molar-refractivity contribution is 5.89. The Morgan fingerprint density at radius 2 is 2.16 bits per heavy atom. The monoisotopic (exact) mass is 338 g/mol. The van der Waals surface area contributed by atoms with Gasteiger partial charge in [-0.2, -0.15) is 0 Å². The summed E-state index contributed by atoms with van der Waals surface area (Å²) in [7, 11) is 0. The van der Waals surface area contributed by atoms with Crippen LogP contribution in [0.1, 0.15) is 24.1 Å². The number of nitrogens with zero attached hydrogens (tertiary/aromatic N) is 3. The molecule has 0 aliphatic carbocycles. The standard InChI is InChI=1S/C19H22N4O2/c24-18-11-16(14-23(18)13-15-5-3-8-20-12-15)19(25)22-10-4-7-17-6-1-2-9-21-17/h1-3,5-6,8-9,12,16H,4,7,10-11,13-14H2,(H,22,25). The number of carbonyl (C=O) groups excluding carboxylic acids is 2. The normalized spacial score (nSPS) is 16.9. The Labute approximate surface area is 147 Å². The lowest BCUT2D eigenvalue weighted by Gasteiger charge is -2.16. The van der Waals surface area contributed by atoms with Crippen LogP contribution in [0.25, 0.3) is 0 Å². The molecule has 1 unspecified atom stereocenters. The Hall–Kier alpha value is -2.76. The van der Waals surface area contributed by atoms with E-state index in [0.717, 1.165) is 24.1 Å². The summed E-state index contributed by atoms with van der Waals surface area (Å²) in [5.41, 5.74) is 2.00. The molecule has 1 atom stereocenters. The van der Waals surface area contributed by atoms with E-state index in [1.807, 2.05) is 30.3 Å². The van der Waals surface area contributed by atoms with Crippen molar-refractivity contribution in [2.45, 2.75) is 25.8 Å². The minimum atomic E-state index is -0.265. The lowest BCUT2D eigenvalue weighted by Crippen LogP contribution is -2.33. The van der Waals surface area contributed by atoms with Gasteiger partial charge in [-0.05, 0) is 36.6 Å². The number of pyridine rings is 2. The van der Waals surface area contributed by atoms with Gasteiger partial charge in [-0.1, -0.05) is 12.1 Å². The molecule has 6 heteroatoms. The first-order valence-corrected chi connectivity index (χ1v) is 8.56. The van der Waals surface area contributed by atoms with Crippen LogP contribution in [-0.4, -0.2) is 39.8 Å². The zero-order chi connectivity index (χ0) is 17.5. The van der Waals surface area contributed by atoms with E-state index >= 15 is 0 Å². The fraction of sp³-hybridized carbons (Fsp3) is 0.368. The molecule has 0 radical (unpaired) electrons. The number of aryl methyl sites for hydroxylation is 1. The Morgan fingerprint density at radius 3 is 2.92 bits per heavy atom. The molecule has 1 saturated heterocycles. The van der Waals surface area contributed by atoms with E-state index in [1.54, 1.807) is 23.5 Å². The Kier molecular flexibility index (Phi) is 5.72. The molecular formula is C19H22N4O2. The Morgan fingerprint density at radius 1 is 1.24 bits per heavy atom. The summed E-state index contributed by atoms with van der Waals surface area (Å²) in [6.45, 7) is 1.58. The molecule has 130 valence electrons. The average Bonchev–Trinajstić information content (AvgIpc) is 3.01. The Balaban J connectivity index is 1.41. The van der Waals surface area contributed by atoms with Crippen LogP contribution in [0.3, 0.4) is 0 Å². The minimum Gasteiger partial charge on any atom is -0.356 e. The lowest BCUT2D eigenvalue weighted by atomic mass is 10.1. The van der Waals surface area contributed by atoms with Gasteiger partial charge in [0.15, 0.2) is 0 Å². The fourth-order valence-corrected chi connectivity index (χ4v) is 2.98. The summed E-state index contributed by atoms with van der Waals surface area (Å²) in [5.74, 6) is -0.278. The highest BCUT2D eigenvalue weighted by Gasteiger charge is 2.33. The van der Waals surface area contributed by atoms with Gasteiger partial charge < -0.3 is 10.2 Å². The van der Waals surface area contributed by atoms with Crippen LogP contribution < -0.4 is 5.32 Å². The van der Waals surface area contributed by atoms with Crippen molar-refractivity contribution in [3.63, 3.8) is 0 Å². The largest absolute Gasteiger partial charge is 0.356 e. The molecule has 0 bridgehead atoms. The van der Waals surface area contributed by atoms with Crippen molar-refractivity contribution < 1.29 is 9.59 Å². The quantitative estimate of drug-likeness (QED) is 0.778. The number of hydrogen-bond acceptors (Lipinski definition) is 4. The van der Waals surface area contributed by atoms with Gasteiger partial charge in [0.25, 0.3) is 0 Å². The van der Waals surface area contributed by atoms with Gasteiger partial charge in [0.1, 0.15) is 0 Å². The smallest absolute Gasteiger partial charge is 0.225 e. The van der Waals surface area contributed by atoms with Crippen LogP contribution >= 0.6 is 0 Å². The number of rotatable bonds is 7. The van der Waals surface area contributed by atoms with Crippen molar-refractivity contribution in [3.8, 4) is 0 Å². The molecule has 25 heavy (non-hydrogen) atoms. The van der Waals surface area contributed by atoms with E-state index < -0.39 is 0 Å². The summed E-state index contributed by atoms with van der Waals surface area (Å²) >= 11 is 0. The second-order valence-electron chi connectivity index (χ2n) is 6.25. The molecule has 0 aromatic carbocycles. The van der Waals surface area contributed by atoms with Crippen molar-refractivity contribution in [3.05, 3.63) is 60.2 Å². The predicted octanol–water partition coefficient (Wildman–Crippen LogP) is 1.57. The number of likely N-dealkylation sites (tertiary alicyclic amines) is 1. The molecule has 0 saturated carbocycles. The zero-order valence-electron chi connectivity index (χ0n) is 14.1. The van der Waals surface area contributed by atoms with Crippen LogP contribution in [0.5, 0.6) is 0 Å². The highest BCUT2D eigenvalue weighted by atomic mass is 16.2. The van der Waals surface area contributed by atoms with Gasteiger partial charge in [0.2, 0.25) is 11.8 Å². The molecule has 1 N–H and O–H groups in total. The maximum Gasteiger partial charge on any atom is 0.225 e. The molecule has 6 nitrogen and oxygen atoms in total. The third-order valence-electron chi connectivity index (χ3n) is 4.32. The van der Waals surface area contributed by atoms with Crippen molar-refractivity contribution in [1.82, 2.24) is 20.2 Å². The summed E-state index contributed by atoms with van der Waals surface area (Å²) < 4.78 is 0. The summed E-state index contributed by atoms with van der Waals surface area (Å²) in [6, 6.07) is 9.61. The van der Waals surface area contributed by atoms with Gasteiger partial charge in [-0.25, -0.2) is 0 Å². The third kappa shape index (κ3) is 4.86. The third-order valence-corrected chi connectivity index (χ3v) is 4.32. The number of carbonyl (C=O) groups is 2. The van der Waals surface area contributed by atoms with Crippen LogP contribution in [0.15, 0.2) is 48.9 Å². The molecule has 3 heterocycles. The molecule has 1 fully saturated rings. The second kappa shape index (κ2) is 8.37. The maximum absolute atomic E-state index is 12.3. The van der Waals surface area contributed by atoms with E-state index in [2.05, 4.69) is 15.3 Å². The van der Waals surface area contributed by atoms with Crippen LogP contribution in [0, 0.1) is 5.92 Å². The predicted molar refractivity (Wildman–Crippen MR) is 93.3 cm³/mol. The number of aromatic nitrogens is 2. The van der Waals surface area contributed by atoms with E-state index in [9.17, 15) is 9.59 Å². The van der Waals surface area contributed by atoms with Gasteiger partial charge in [0, 0.05) is 50.3 Å². The first-order valence-electron chi connectivity index (χ1n) is 8.56. The average molecular weight is 338 g/mol. The van der Waals surface area contributed by atoms with Gasteiger partial charge in [-0.3, -0.25) is 19.6 Å². The number of amides is 2. The van der Waals surface area contributed by atoms with E-state index in [0.29, 0.717) is 19.6 Å². The second-order valence-corrected chi connectivity index (χ2v) is 6.25. The van der Waals surface area contributed by atoms with Gasteiger partial charge in [-0.15, -0.1) is 0 Å². The van der Waals surface area contributed by atoms with Gasteiger partial charge in [0.05, 0.1) is 5.92 Å². The number of nitrogens with one attached hydrogen (secondary N) is 1. The van der Waals surface area contributed by atoms with E-state index in [4.69, 9.17) is 0 Å². The van der Waals surface area contributed by atoms with Gasteiger partial charge >= 0.3 is 0 Å². The van der Waals surface area contributed by atoms with Crippen LogP contribution in [-0.2, 0) is 22.6 Å². The molecule has 0 spiro atoms. The summed E-state index contributed by atoms with van der Waals surface area (Å²) in [5, 5.41) is 2.94. The van der Waals surface area contributed by atoms with Crippen LogP contribution in [0.2, 0.25) is 0 Å². The van der Waals surface area contributed by atoms with Crippen LogP contribution in [0.4, 0.5) is 0 Å². The van der Waals surface area contributed by atoms with Crippen molar-refractivity contribution in [2.24, 2.45) is 5.92 Å². The maximum atomic E-state index is 12.3.